The van der Waals surface area contributed by atoms with Crippen LogP contribution in [0.4, 0.5) is 0 Å². The van der Waals surface area contributed by atoms with Gasteiger partial charge in [0.15, 0.2) is 0 Å². The lowest BCUT2D eigenvalue weighted by Gasteiger charge is -2.26. The van der Waals surface area contributed by atoms with Crippen molar-refractivity contribution in [1.82, 2.24) is 0 Å². The molecule has 1 N–H and O–H groups in total. The Morgan fingerprint density at radius 1 is 1.35 bits per heavy atom. The predicted molar refractivity (Wildman–Crippen MR) is 79.1 cm³/mol. The molecule has 0 saturated carbocycles. The Labute approximate surface area is 120 Å². The summed E-state index contributed by atoms with van der Waals surface area (Å²) in [4.78, 5) is 11.3. The van der Waals surface area contributed by atoms with E-state index in [1.54, 1.807) is 13.8 Å². The summed E-state index contributed by atoms with van der Waals surface area (Å²) in [5, 5.41) is 10.7. The largest absolute Gasteiger partial charge is 0.466 e. The van der Waals surface area contributed by atoms with E-state index in [1.807, 2.05) is 30.3 Å². The van der Waals surface area contributed by atoms with Crippen LogP contribution in [-0.4, -0.2) is 17.7 Å². The lowest BCUT2D eigenvalue weighted by molar-refractivity contribution is -0.143. The Balaban J connectivity index is 2.67. The number of hydrogen-bond acceptors (Lipinski definition) is 3. The van der Waals surface area contributed by atoms with Gasteiger partial charge in [-0.1, -0.05) is 36.9 Å². The molecule has 0 saturated heterocycles. The Hall–Kier alpha value is -1.83. The first-order valence-electron chi connectivity index (χ1n) is 6.85. The van der Waals surface area contributed by atoms with Gasteiger partial charge >= 0.3 is 5.97 Å². The van der Waals surface area contributed by atoms with Crippen molar-refractivity contribution in [3.63, 3.8) is 0 Å². The highest BCUT2D eigenvalue weighted by Gasteiger charge is 2.27. The number of carbonyl (C=O) groups is 1. The maximum absolute atomic E-state index is 11.3. The third kappa shape index (κ3) is 4.37. The van der Waals surface area contributed by atoms with E-state index in [0.29, 0.717) is 31.4 Å². The monoisotopic (exact) mass is 274 g/mol. The second-order valence-electron chi connectivity index (χ2n) is 4.75. The molecule has 3 heteroatoms. The molecule has 0 aliphatic heterocycles. The smallest absolute Gasteiger partial charge is 0.305 e. The minimum atomic E-state index is -1.11. The molecule has 0 heterocycles. The zero-order chi connectivity index (χ0) is 15.0. The van der Waals surface area contributed by atoms with E-state index in [2.05, 4.69) is 12.3 Å². The number of ether oxygens (including phenoxy) is 1. The van der Waals surface area contributed by atoms with Crippen molar-refractivity contribution < 1.29 is 14.6 Å². The maximum atomic E-state index is 11.3. The van der Waals surface area contributed by atoms with E-state index in [1.165, 1.54) is 0 Å². The van der Waals surface area contributed by atoms with Gasteiger partial charge in [0, 0.05) is 12.0 Å². The van der Waals surface area contributed by atoms with E-state index in [9.17, 15) is 9.90 Å². The highest BCUT2D eigenvalue weighted by molar-refractivity contribution is 5.69. The zero-order valence-electron chi connectivity index (χ0n) is 12.2. The lowest BCUT2D eigenvalue weighted by Crippen LogP contribution is -2.24. The van der Waals surface area contributed by atoms with Gasteiger partial charge in [0.05, 0.1) is 6.61 Å². The van der Waals surface area contributed by atoms with E-state index in [4.69, 9.17) is 4.74 Å². The van der Waals surface area contributed by atoms with Crippen LogP contribution in [0.3, 0.4) is 0 Å². The number of carbonyl (C=O) groups excluding carboxylic acids is 1. The highest BCUT2D eigenvalue weighted by atomic mass is 16.5. The second-order valence-corrected chi connectivity index (χ2v) is 4.75. The van der Waals surface area contributed by atoms with Crippen LogP contribution in [0.25, 0.3) is 0 Å². The van der Waals surface area contributed by atoms with Crippen LogP contribution in [0, 0.1) is 0 Å². The highest BCUT2D eigenvalue weighted by Crippen LogP contribution is 2.31. The van der Waals surface area contributed by atoms with Crippen LogP contribution in [0.15, 0.2) is 48.2 Å². The van der Waals surface area contributed by atoms with Crippen molar-refractivity contribution in [2.75, 3.05) is 6.61 Å². The Bertz CT molecular complexity index is 482. The quantitative estimate of drug-likeness (QED) is 0.612. The van der Waals surface area contributed by atoms with Gasteiger partial charge in [-0.3, -0.25) is 4.79 Å². The average molecular weight is 274 g/mol. The summed E-state index contributed by atoms with van der Waals surface area (Å²) in [6.45, 7) is 7.55. The number of hydrogen-bond donors (Lipinski definition) is 1. The number of esters is 1. The molecule has 1 aromatic rings. The van der Waals surface area contributed by atoms with Gasteiger partial charge in [-0.25, -0.2) is 0 Å². The fourth-order valence-corrected chi connectivity index (χ4v) is 2.08. The van der Waals surface area contributed by atoms with Crippen LogP contribution >= 0.6 is 0 Å². The Morgan fingerprint density at radius 3 is 2.55 bits per heavy atom. The summed E-state index contributed by atoms with van der Waals surface area (Å²) in [5.74, 6) is -0.213. The topological polar surface area (TPSA) is 46.5 Å². The molecule has 0 aliphatic rings. The summed E-state index contributed by atoms with van der Waals surface area (Å²) < 4.78 is 4.88. The molecule has 0 fully saturated rings. The van der Waals surface area contributed by atoms with Crippen LogP contribution in [0.1, 0.15) is 38.7 Å². The van der Waals surface area contributed by atoms with Gasteiger partial charge in [0.2, 0.25) is 0 Å². The van der Waals surface area contributed by atoms with Gasteiger partial charge in [0.1, 0.15) is 5.60 Å². The molecule has 0 aliphatic carbocycles. The molecule has 0 bridgehead atoms. The number of rotatable bonds is 7. The lowest BCUT2D eigenvalue weighted by atomic mass is 9.85. The molecule has 0 aromatic heterocycles. The first-order chi connectivity index (χ1) is 9.52. The molecule has 20 heavy (non-hydrogen) atoms. The molecule has 1 rings (SSSR count). The molecule has 0 unspecified atom stereocenters. The number of benzene rings is 1. The van der Waals surface area contributed by atoms with E-state index >= 15 is 0 Å². The van der Waals surface area contributed by atoms with Crippen molar-refractivity contribution in [2.45, 2.75) is 38.7 Å². The summed E-state index contributed by atoms with van der Waals surface area (Å²) >= 11 is 0. The zero-order valence-corrected chi connectivity index (χ0v) is 12.2. The van der Waals surface area contributed by atoms with Crippen LogP contribution < -0.4 is 0 Å². The van der Waals surface area contributed by atoms with E-state index < -0.39 is 5.60 Å². The SMILES string of the molecule is C=C=C(CCCC(=O)OCC)[C@@](C)(O)c1ccccc1. The molecule has 0 radical (unpaired) electrons. The maximum Gasteiger partial charge on any atom is 0.305 e. The van der Waals surface area contributed by atoms with Gasteiger partial charge in [0.25, 0.3) is 0 Å². The third-order valence-electron chi connectivity index (χ3n) is 3.25. The van der Waals surface area contributed by atoms with Crippen molar-refractivity contribution >= 4 is 5.97 Å². The third-order valence-corrected chi connectivity index (χ3v) is 3.25. The molecular formula is C17H22O3. The first-order valence-corrected chi connectivity index (χ1v) is 6.85. The average Bonchev–Trinajstić information content (AvgIpc) is 2.44. The molecule has 108 valence electrons. The molecule has 1 atom stereocenters. The molecular weight excluding hydrogens is 252 g/mol. The van der Waals surface area contributed by atoms with Crippen molar-refractivity contribution in [2.24, 2.45) is 0 Å². The van der Waals surface area contributed by atoms with Crippen molar-refractivity contribution in [1.29, 1.82) is 0 Å². The predicted octanol–water partition coefficient (Wildman–Crippen LogP) is 3.34. The summed E-state index contributed by atoms with van der Waals surface area (Å²) in [5.41, 5.74) is 3.18. The molecule has 1 aromatic carbocycles. The summed E-state index contributed by atoms with van der Waals surface area (Å²) in [6, 6.07) is 9.38. The fourth-order valence-electron chi connectivity index (χ4n) is 2.08. The first kappa shape index (κ1) is 16.2. The minimum absolute atomic E-state index is 0.213. The summed E-state index contributed by atoms with van der Waals surface area (Å²) in [7, 11) is 0. The van der Waals surface area contributed by atoms with Crippen molar-refractivity contribution in [3.05, 3.63) is 53.8 Å². The van der Waals surface area contributed by atoms with E-state index in [-0.39, 0.29) is 5.97 Å². The molecule has 0 spiro atoms. The fraction of sp³-hybridized carbons (Fsp3) is 0.412. The molecule has 0 amide bonds. The Kier molecular flexibility index (Phi) is 6.23. The molecule has 3 nitrogen and oxygen atoms in total. The Morgan fingerprint density at radius 2 is 2.00 bits per heavy atom. The van der Waals surface area contributed by atoms with Crippen molar-refractivity contribution in [3.8, 4) is 0 Å². The van der Waals surface area contributed by atoms with Gasteiger partial charge in [-0.15, -0.1) is 5.73 Å². The van der Waals surface area contributed by atoms with Crippen LogP contribution in [-0.2, 0) is 15.1 Å². The van der Waals surface area contributed by atoms with Gasteiger partial charge < -0.3 is 9.84 Å². The van der Waals surface area contributed by atoms with Crippen LogP contribution in [0.5, 0.6) is 0 Å². The number of aliphatic hydroxyl groups is 1. The normalized spacial score (nSPS) is 13.2. The summed E-state index contributed by atoms with van der Waals surface area (Å²) in [6.07, 6.45) is 1.51. The second kappa shape index (κ2) is 7.68. The van der Waals surface area contributed by atoms with Crippen LogP contribution in [0.2, 0.25) is 0 Å². The van der Waals surface area contributed by atoms with E-state index in [0.717, 1.165) is 5.56 Å². The minimum Gasteiger partial charge on any atom is -0.466 e. The standard InChI is InChI=1S/C17H22O3/c1-4-14(12-9-13-16(18)20-5-2)17(3,19)15-10-7-6-8-11-15/h6-8,10-11,19H,1,5,9,12-13H2,2-3H3/t17-/m1/s1. The van der Waals surface area contributed by atoms with Gasteiger partial charge in [-0.05, 0) is 32.3 Å². The van der Waals surface area contributed by atoms with Gasteiger partial charge in [-0.2, -0.15) is 0 Å².